The first-order valence-electron chi connectivity index (χ1n) is 4.20. The second-order valence-corrected chi connectivity index (χ2v) is 3.41. The molecule has 0 N–H and O–H groups in total. The highest BCUT2D eigenvalue weighted by atomic mass is 35.5. The number of aryl methyl sites for hydroxylation is 1. The summed E-state index contributed by atoms with van der Waals surface area (Å²) in [5, 5.41) is 0.233. The quantitative estimate of drug-likeness (QED) is 0.703. The van der Waals surface area contributed by atoms with Crippen molar-refractivity contribution in [2.75, 3.05) is 0 Å². The Balaban J connectivity index is 2.69. The van der Waals surface area contributed by atoms with E-state index >= 15 is 0 Å². The van der Waals surface area contributed by atoms with Crippen LogP contribution in [0.25, 0.3) is 5.69 Å². The molecule has 14 heavy (non-hydrogen) atoms. The van der Waals surface area contributed by atoms with Gasteiger partial charge in [0.2, 0.25) is 0 Å². The van der Waals surface area contributed by atoms with Crippen LogP contribution in [0.15, 0.2) is 41.3 Å². The molecule has 0 aliphatic heterocycles. The minimum Gasteiger partial charge on any atom is -0.287 e. The van der Waals surface area contributed by atoms with Gasteiger partial charge in [-0.15, -0.1) is 0 Å². The van der Waals surface area contributed by atoms with E-state index in [2.05, 4.69) is 0 Å². The fourth-order valence-electron chi connectivity index (χ4n) is 1.39. The Morgan fingerprint density at radius 2 is 1.86 bits per heavy atom. The Kier molecular flexibility index (Phi) is 2.17. The van der Waals surface area contributed by atoms with Crippen molar-refractivity contribution in [2.45, 2.75) is 0 Å². The largest absolute Gasteiger partial charge is 0.290 e. The van der Waals surface area contributed by atoms with Gasteiger partial charge in [-0.3, -0.25) is 9.48 Å². The minimum absolute atomic E-state index is 0.194. The van der Waals surface area contributed by atoms with Gasteiger partial charge in [-0.1, -0.05) is 29.8 Å². The van der Waals surface area contributed by atoms with Crippen molar-refractivity contribution in [1.82, 2.24) is 9.36 Å². The number of benzene rings is 1. The Labute approximate surface area is 86.1 Å². The average Bonchev–Trinajstić information content (AvgIpc) is 2.43. The van der Waals surface area contributed by atoms with Gasteiger partial charge in [0.25, 0.3) is 5.56 Å². The molecular formula is C10H9ClN2O. The summed E-state index contributed by atoms with van der Waals surface area (Å²) >= 11 is 5.73. The van der Waals surface area contributed by atoms with E-state index in [1.807, 2.05) is 30.3 Å². The van der Waals surface area contributed by atoms with Crippen LogP contribution >= 0.6 is 11.6 Å². The van der Waals surface area contributed by atoms with E-state index in [1.54, 1.807) is 17.9 Å². The normalized spacial score (nSPS) is 10.4. The highest BCUT2D eigenvalue weighted by Gasteiger charge is 2.07. The molecule has 1 aromatic heterocycles. The Hall–Kier alpha value is -1.48. The van der Waals surface area contributed by atoms with Gasteiger partial charge in [-0.2, -0.15) is 0 Å². The Morgan fingerprint density at radius 1 is 1.21 bits per heavy atom. The zero-order valence-corrected chi connectivity index (χ0v) is 8.40. The van der Waals surface area contributed by atoms with E-state index < -0.39 is 0 Å². The van der Waals surface area contributed by atoms with Crippen molar-refractivity contribution in [1.29, 1.82) is 0 Å². The van der Waals surface area contributed by atoms with Crippen LogP contribution in [0.5, 0.6) is 0 Å². The predicted molar refractivity (Wildman–Crippen MR) is 56.0 cm³/mol. The van der Waals surface area contributed by atoms with E-state index in [0.717, 1.165) is 5.69 Å². The second kappa shape index (κ2) is 3.35. The van der Waals surface area contributed by atoms with Gasteiger partial charge < -0.3 is 0 Å². The average molecular weight is 209 g/mol. The molecule has 0 bridgehead atoms. The Bertz CT molecular complexity index is 499. The number of hydrogen-bond donors (Lipinski definition) is 0. The lowest BCUT2D eigenvalue weighted by atomic mass is 10.3. The van der Waals surface area contributed by atoms with Crippen LogP contribution in [0.1, 0.15) is 0 Å². The van der Waals surface area contributed by atoms with Crippen molar-refractivity contribution in [2.24, 2.45) is 7.05 Å². The zero-order valence-electron chi connectivity index (χ0n) is 7.64. The molecular weight excluding hydrogens is 200 g/mol. The molecule has 72 valence electrons. The molecule has 4 heteroatoms. The fourth-order valence-corrected chi connectivity index (χ4v) is 1.61. The molecule has 0 unspecified atom stereocenters. The van der Waals surface area contributed by atoms with Crippen molar-refractivity contribution in [3.05, 3.63) is 51.9 Å². The van der Waals surface area contributed by atoms with E-state index in [-0.39, 0.29) is 10.6 Å². The molecule has 0 aliphatic carbocycles. The second-order valence-electron chi connectivity index (χ2n) is 3.00. The molecule has 0 aliphatic rings. The van der Waals surface area contributed by atoms with Gasteiger partial charge in [0, 0.05) is 13.2 Å². The molecule has 0 atom stereocenters. The van der Waals surface area contributed by atoms with Crippen molar-refractivity contribution < 1.29 is 0 Å². The SMILES string of the molecule is Cn1cc(Cl)c(=O)n1-c1ccccc1. The van der Waals surface area contributed by atoms with Crippen molar-refractivity contribution in [3.8, 4) is 5.69 Å². The van der Waals surface area contributed by atoms with Gasteiger partial charge in [0.15, 0.2) is 0 Å². The third-order valence-electron chi connectivity index (χ3n) is 2.01. The first-order valence-corrected chi connectivity index (χ1v) is 4.57. The molecule has 0 fully saturated rings. The molecule has 1 aromatic carbocycles. The van der Waals surface area contributed by atoms with Gasteiger partial charge in [0.1, 0.15) is 5.02 Å². The van der Waals surface area contributed by atoms with Crippen LogP contribution in [0.4, 0.5) is 0 Å². The molecule has 0 spiro atoms. The highest BCUT2D eigenvalue weighted by Crippen LogP contribution is 2.07. The number of rotatable bonds is 1. The summed E-state index contributed by atoms with van der Waals surface area (Å²) in [4.78, 5) is 11.6. The van der Waals surface area contributed by atoms with E-state index in [1.165, 1.54) is 4.68 Å². The first kappa shape index (κ1) is 9.09. The number of aromatic nitrogens is 2. The van der Waals surface area contributed by atoms with Gasteiger partial charge in [-0.05, 0) is 12.1 Å². The summed E-state index contributed by atoms with van der Waals surface area (Å²) in [6, 6.07) is 9.37. The van der Waals surface area contributed by atoms with Gasteiger partial charge >= 0.3 is 0 Å². The molecule has 3 nitrogen and oxygen atoms in total. The Morgan fingerprint density at radius 3 is 2.36 bits per heavy atom. The molecule has 2 aromatic rings. The third-order valence-corrected chi connectivity index (χ3v) is 2.27. The standard InChI is InChI=1S/C10H9ClN2O/c1-12-7-9(11)10(14)13(12)8-5-3-2-4-6-8/h2-7H,1H3. The molecule has 1 heterocycles. The van der Waals surface area contributed by atoms with E-state index in [0.29, 0.717) is 0 Å². The zero-order chi connectivity index (χ0) is 10.1. The maximum absolute atomic E-state index is 11.6. The maximum Gasteiger partial charge on any atom is 0.290 e. The monoisotopic (exact) mass is 208 g/mol. The summed E-state index contributed by atoms with van der Waals surface area (Å²) in [6.45, 7) is 0. The van der Waals surface area contributed by atoms with Crippen LogP contribution in [-0.2, 0) is 7.05 Å². The third kappa shape index (κ3) is 1.36. The summed E-state index contributed by atoms with van der Waals surface area (Å²) in [5.41, 5.74) is 0.618. The number of halogens is 1. The lowest BCUT2D eigenvalue weighted by molar-refractivity contribution is 0.646. The lowest BCUT2D eigenvalue weighted by Gasteiger charge is -2.05. The molecule has 0 saturated heterocycles. The van der Waals surface area contributed by atoms with E-state index in [9.17, 15) is 4.79 Å². The summed E-state index contributed by atoms with van der Waals surface area (Å²) in [5.74, 6) is 0. The molecule has 0 amide bonds. The minimum atomic E-state index is -0.194. The van der Waals surface area contributed by atoms with Crippen molar-refractivity contribution >= 4 is 11.6 Å². The van der Waals surface area contributed by atoms with Crippen molar-refractivity contribution in [3.63, 3.8) is 0 Å². The van der Waals surface area contributed by atoms with Gasteiger partial charge in [0.05, 0.1) is 5.69 Å². The van der Waals surface area contributed by atoms with Crippen LogP contribution in [-0.4, -0.2) is 9.36 Å². The molecule has 2 rings (SSSR count). The maximum atomic E-state index is 11.6. The van der Waals surface area contributed by atoms with Crippen LogP contribution in [0.2, 0.25) is 5.02 Å². The number of hydrogen-bond acceptors (Lipinski definition) is 1. The highest BCUT2D eigenvalue weighted by molar-refractivity contribution is 6.30. The molecule has 0 saturated carbocycles. The smallest absolute Gasteiger partial charge is 0.287 e. The van der Waals surface area contributed by atoms with Crippen LogP contribution < -0.4 is 5.56 Å². The van der Waals surface area contributed by atoms with Crippen LogP contribution in [0, 0.1) is 0 Å². The van der Waals surface area contributed by atoms with Gasteiger partial charge in [-0.25, -0.2) is 4.68 Å². The first-order chi connectivity index (χ1) is 6.70. The van der Waals surface area contributed by atoms with Crippen LogP contribution in [0.3, 0.4) is 0 Å². The summed E-state index contributed by atoms with van der Waals surface area (Å²) in [7, 11) is 1.78. The fraction of sp³-hybridized carbons (Fsp3) is 0.100. The topological polar surface area (TPSA) is 26.9 Å². The number of nitrogens with zero attached hydrogens (tertiary/aromatic N) is 2. The number of para-hydroxylation sites is 1. The summed E-state index contributed by atoms with van der Waals surface area (Å²) < 4.78 is 3.18. The predicted octanol–water partition coefficient (Wildman–Crippen LogP) is 1.83. The molecule has 0 radical (unpaired) electrons. The summed E-state index contributed by atoms with van der Waals surface area (Å²) in [6.07, 6.45) is 1.59. The lowest BCUT2D eigenvalue weighted by Crippen LogP contribution is -2.19. The van der Waals surface area contributed by atoms with E-state index in [4.69, 9.17) is 11.6 Å².